The number of halogens is 3. The fourth-order valence-corrected chi connectivity index (χ4v) is 4.43. The van der Waals surface area contributed by atoms with Crippen LogP contribution in [0.25, 0.3) is 22.4 Å². The monoisotopic (exact) mass is 519 g/mol. The molecule has 0 aliphatic carbocycles. The minimum absolute atomic E-state index is 0.0702. The van der Waals surface area contributed by atoms with E-state index in [1.165, 1.54) is 35.5 Å². The van der Waals surface area contributed by atoms with Crippen molar-refractivity contribution in [2.45, 2.75) is 18.7 Å². The Morgan fingerprint density at radius 1 is 0.974 bits per heavy atom. The molecule has 0 amide bonds. The minimum Gasteiger partial charge on any atom is -0.382 e. The fourth-order valence-electron chi connectivity index (χ4n) is 4.43. The molecule has 3 heterocycles. The molecule has 0 aliphatic heterocycles. The normalized spacial score (nSPS) is 13.0. The van der Waals surface area contributed by atoms with Crippen LogP contribution in [0.1, 0.15) is 11.1 Å². The van der Waals surface area contributed by atoms with Crippen molar-refractivity contribution < 1.29 is 18.3 Å². The van der Waals surface area contributed by atoms with Crippen LogP contribution in [0.2, 0.25) is 0 Å². The first-order valence-electron chi connectivity index (χ1n) is 11.8. The lowest BCUT2D eigenvalue weighted by molar-refractivity contribution is 0.0117. The molecule has 5 rings (SSSR count). The van der Waals surface area contributed by atoms with Gasteiger partial charge in [-0.2, -0.15) is 10.2 Å². The Hall–Kier alpha value is -4.35. The Kier molecular flexibility index (Phi) is 7.03. The molecule has 3 aromatic heterocycles. The van der Waals surface area contributed by atoms with Crippen molar-refractivity contribution in [3.05, 3.63) is 108 Å². The Morgan fingerprint density at radius 2 is 1.76 bits per heavy atom. The molecule has 0 saturated heterocycles. The number of rotatable bonds is 9. The third kappa shape index (κ3) is 5.34. The van der Waals surface area contributed by atoms with Gasteiger partial charge in [-0.15, -0.1) is 0 Å². The number of aliphatic hydroxyl groups is 1. The van der Waals surface area contributed by atoms with Crippen LogP contribution in [-0.2, 0) is 25.7 Å². The quantitative estimate of drug-likeness (QED) is 0.308. The summed E-state index contributed by atoms with van der Waals surface area (Å²) in [5.74, 6) is -1.94. The molecule has 8 nitrogen and oxygen atoms in total. The number of pyridine rings is 1. The van der Waals surface area contributed by atoms with E-state index in [0.717, 1.165) is 34.4 Å². The summed E-state index contributed by atoms with van der Waals surface area (Å²) in [7, 11) is 1.80. The zero-order chi connectivity index (χ0) is 26.7. The summed E-state index contributed by atoms with van der Waals surface area (Å²) in [5, 5.41) is 23.3. The van der Waals surface area contributed by atoms with Gasteiger partial charge in [0.05, 0.1) is 6.54 Å². The SMILES string of the molecule is Cn1cc(-c2ccncc2CNCC(O)(Cn2cncn2)c2ccc(F)cc2F)c(-c2ccc(F)cc2)n1. The lowest BCUT2D eigenvalue weighted by Gasteiger charge is -2.29. The third-order valence-corrected chi connectivity index (χ3v) is 6.20. The average molecular weight is 520 g/mol. The van der Waals surface area contributed by atoms with Crippen LogP contribution in [0.4, 0.5) is 13.2 Å². The number of hydrogen-bond donors (Lipinski definition) is 2. The number of nitrogens with one attached hydrogen (secondary N) is 1. The van der Waals surface area contributed by atoms with Crippen molar-refractivity contribution in [1.82, 2.24) is 34.8 Å². The van der Waals surface area contributed by atoms with E-state index in [-0.39, 0.29) is 31.0 Å². The summed E-state index contributed by atoms with van der Waals surface area (Å²) in [6, 6.07) is 11.0. The molecule has 0 fully saturated rings. The van der Waals surface area contributed by atoms with Crippen LogP contribution < -0.4 is 5.32 Å². The molecule has 0 saturated carbocycles. The van der Waals surface area contributed by atoms with Crippen LogP contribution in [0.3, 0.4) is 0 Å². The number of aryl methyl sites for hydroxylation is 1. The average Bonchev–Trinajstić information content (AvgIpc) is 3.54. The van der Waals surface area contributed by atoms with Gasteiger partial charge in [0.2, 0.25) is 0 Å². The van der Waals surface area contributed by atoms with Gasteiger partial charge in [-0.25, -0.2) is 22.8 Å². The molecule has 1 unspecified atom stereocenters. The summed E-state index contributed by atoms with van der Waals surface area (Å²) in [6.45, 7) is 0.0742. The smallest absolute Gasteiger partial charge is 0.137 e. The predicted octanol–water partition coefficient (Wildman–Crippen LogP) is 3.84. The highest BCUT2D eigenvalue weighted by Crippen LogP contribution is 2.33. The summed E-state index contributed by atoms with van der Waals surface area (Å²) in [5.41, 5.74) is 2.06. The summed E-state index contributed by atoms with van der Waals surface area (Å²) < 4.78 is 44.9. The molecule has 2 aromatic carbocycles. The standard InChI is InChI=1S/C27H24F3N7O/c1-36-13-23(26(35-36)18-2-4-20(28)5-3-18)22-8-9-31-11-19(22)12-32-14-27(38,15-37-17-33-16-34-37)24-7-6-21(29)10-25(24)30/h2-11,13,16-17,32,38H,12,14-15H2,1H3. The maximum absolute atomic E-state index is 14.7. The molecule has 0 aliphatic rings. The minimum atomic E-state index is -1.76. The van der Waals surface area contributed by atoms with E-state index < -0.39 is 17.2 Å². The van der Waals surface area contributed by atoms with E-state index >= 15 is 0 Å². The molecule has 5 aromatic rings. The van der Waals surface area contributed by atoms with E-state index in [2.05, 4.69) is 25.5 Å². The summed E-state index contributed by atoms with van der Waals surface area (Å²) >= 11 is 0. The van der Waals surface area contributed by atoms with Gasteiger partial charge in [0, 0.05) is 61.5 Å². The van der Waals surface area contributed by atoms with Gasteiger partial charge in [-0.3, -0.25) is 9.67 Å². The van der Waals surface area contributed by atoms with Crippen LogP contribution in [0.5, 0.6) is 0 Å². The molecule has 0 bridgehead atoms. The second-order valence-electron chi connectivity index (χ2n) is 8.96. The molecule has 194 valence electrons. The van der Waals surface area contributed by atoms with Crippen LogP contribution >= 0.6 is 0 Å². The van der Waals surface area contributed by atoms with E-state index in [4.69, 9.17) is 0 Å². The summed E-state index contributed by atoms with van der Waals surface area (Å²) in [6.07, 6.45) is 7.94. The lowest BCUT2D eigenvalue weighted by atomic mass is 9.92. The molecule has 38 heavy (non-hydrogen) atoms. The van der Waals surface area contributed by atoms with Gasteiger partial charge in [0.1, 0.15) is 41.4 Å². The van der Waals surface area contributed by atoms with E-state index in [1.54, 1.807) is 36.3 Å². The van der Waals surface area contributed by atoms with Crippen LogP contribution in [0, 0.1) is 17.5 Å². The first-order valence-corrected chi connectivity index (χ1v) is 11.8. The molecule has 11 heteroatoms. The van der Waals surface area contributed by atoms with Crippen molar-refractivity contribution in [2.24, 2.45) is 7.05 Å². The maximum atomic E-state index is 14.7. The van der Waals surface area contributed by atoms with E-state index in [9.17, 15) is 18.3 Å². The number of nitrogens with zero attached hydrogens (tertiary/aromatic N) is 6. The number of hydrogen-bond acceptors (Lipinski definition) is 6. The van der Waals surface area contributed by atoms with Gasteiger partial charge in [0.15, 0.2) is 0 Å². The molecular weight excluding hydrogens is 495 g/mol. The second-order valence-corrected chi connectivity index (χ2v) is 8.96. The van der Waals surface area contributed by atoms with Crippen LogP contribution in [0.15, 0.2) is 79.8 Å². The van der Waals surface area contributed by atoms with Crippen molar-refractivity contribution in [2.75, 3.05) is 6.54 Å². The highest BCUT2D eigenvalue weighted by molar-refractivity contribution is 5.81. The molecular formula is C27H24F3N7O. The van der Waals surface area contributed by atoms with Gasteiger partial charge >= 0.3 is 0 Å². The van der Waals surface area contributed by atoms with Gasteiger partial charge < -0.3 is 10.4 Å². The second kappa shape index (κ2) is 10.6. The Balaban J connectivity index is 1.42. The Labute approximate surface area is 216 Å². The molecule has 2 N–H and O–H groups in total. The topological polar surface area (TPSA) is 93.7 Å². The zero-order valence-electron chi connectivity index (χ0n) is 20.4. The van der Waals surface area contributed by atoms with Crippen molar-refractivity contribution in [3.8, 4) is 22.4 Å². The highest BCUT2D eigenvalue weighted by atomic mass is 19.1. The predicted molar refractivity (Wildman–Crippen MR) is 134 cm³/mol. The number of benzene rings is 2. The van der Waals surface area contributed by atoms with E-state index in [0.29, 0.717) is 5.69 Å². The van der Waals surface area contributed by atoms with Crippen molar-refractivity contribution in [1.29, 1.82) is 0 Å². The lowest BCUT2D eigenvalue weighted by Crippen LogP contribution is -2.42. The van der Waals surface area contributed by atoms with Crippen molar-refractivity contribution in [3.63, 3.8) is 0 Å². The first-order chi connectivity index (χ1) is 18.3. The molecule has 1 atom stereocenters. The van der Waals surface area contributed by atoms with Gasteiger partial charge in [-0.1, -0.05) is 6.07 Å². The number of aromatic nitrogens is 6. The third-order valence-electron chi connectivity index (χ3n) is 6.20. The summed E-state index contributed by atoms with van der Waals surface area (Å²) in [4.78, 5) is 8.13. The fraction of sp³-hybridized carbons (Fsp3) is 0.185. The van der Waals surface area contributed by atoms with E-state index in [1.807, 2.05) is 12.3 Å². The largest absolute Gasteiger partial charge is 0.382 e. The first kappa shape index (κ1) is 25.3. The Bertz CT molecular complexity index is 1540. The van der Waals surface area contributed by atoms with Gasteiger partial charge in [0.25, 0.3) is 0 Å². The van der Waals surface area contributed by atoms with Crippen LogP contribution in [-0.4, -0.2) is 41.2 Å². The Morgan fingerprint density at radius 3 is 2.50 bits per heavy atom. The maximum Gasteiger partial charge on any atom is 0.137 e. The molecule has 0 spiro atoms. The highest BCUT2D eigenvalue weighted by Gasteiger charge is 2.33. The van der Waals surface area contributed by atoms with Crippen molar-refractivity contribution >= 4 is 0 Å². The van der Waals surface area contributed by atoms with Gasteiger partial charge in [-0.05, 0) is 47.5 Å². The zero-order valence-corrected chi connectivity index (χ0v) is 20.4. The molecule has 0 radical (unpaired) electrons.